The van der Waals surface area contributed by atoms with Crippen molar-refractivity contribution in [3.05, 3.63) is 120 Å². The third-order valence-corrected chi connectivity index (χ3v) is 21.1. The van der Waals surface area contributed by atoms with E-state index in [-0.39, 0.29) is 50.0 Å². The van der Waals surface area contributed by atoms with Crippen LogP contribution in [0.25, 0.3) is 10.9 Å². The predicted molar refractivity (Wildman–Crippen MR) is 461 cm³/mol. The van der Waals surface area contributed by atoms with Crippen LogP contribution < -0.4 is 74.4 Å². The number of carboxylic acids is 6. The summed E-state index contributed by atoms with van der Waals surface area (Å²) in [5.41, 5.74) is 2.31. The molecule has 2 heterocycles. The standard InChI is InChI=1S/C86H117N17O27/c1-11-44(7)71(84(127)100-63(86(129)130)35-50-39-88-54-21-17-16-20-53(50)54)103-85(128)72(45(8)12-2)102-82(125)62(38-69(114)115)98-78(121)57(32-42(3)4)96-80(123)60(36-51-40-87-41-89-51)95-73(116)46(9)91-77(120)58(33-48-18-14-13-15-19-48)97-79(122)59(34-49-22-24-52(104)25-23-49)99-83(126)70(43(5)6)101-74(117)47(10)90-75(118)55(26-29-65(106)107)93-76(119)56(27-30-66(108)109)94-81(124)61(37-68(112)113)92-64(105)28-31-67(110)111/h13-25,39-47,55-63,70-72,88,104H,11-12,26-38H2,1-10H3,(H,87,89)(H,90,118)(H,91,120)(H,92,105)(H,93,119)(H,94,124)(H,95,116)(H,96,123)(H,97,122)(H,98,121)(H,99,126)(H,100,127)(H,101,117)(H,102,125)(H,103,128)(H,106,107)(H,108,109)(H,110,111)(H,112,113)(H,114,115)(H,129,130). The Labute approximate surface area is 746 Å². The maximum atomic E-state index is 15.0. The molecule has 44 heteroatoms. The molecule has 0 radical (unpaired) electrons. The number of phenolic OH excluding ortho intramolecular Hbond substituents is 1. The summed E-state index contributed by atoms with van der Waals surface area (Å²) < 4.78 is 0. The van der Waals surface area contributed by atoms with Crippen molar-refractivity contribution in [1.29, 1.82) is 0 Å². The van der Waals surface area contributed by atoms with Crippen molar-refractivity contribution in [2.45, 2.75) is 250 Å². The molecule has 130 heavy (non-hydrogen) atoms. The van der Waals surface area contributed by atoms with E-state index in [1.165, 1.54) is 57.6 Å². The maximum Gasteiger partial charge on any atom is 0.326 e. The fourth-order valence-corrected chi connectivity index (χ4v) is 13.4. The van der Waals surface area contributed by atoms with Crippen LogP contribution in [0.3, 0.4) is 0 Å². The van der Waals surface area contributed by atoms with Gasteiger partial charge in [0, 0.05) is 68.2 Å². The molecular weight excluding hydrogens is 1700 g/mol. The van der Waals surface area contributed by atoms with Crippen molar-refractivity contribution >= 4 is 129 Å². The SMILES string of the molecule is CCC(C)C(NC(=O)C(CC(=O)O)NC(=O)C(CC(C)C)NC(=O)C(Cc1c[nH]cn1)NC(=O)C(C)NC(=O)C(Cc1ccccc1)NC(=O)C(Cc1ccc(O)cc1)NC(=O)C(NC(=O)C(C)NC(=O)C(CCC(=O)O)NC(=O)C(CCC(=O)O)NC(=O)C(CC(=O)O)NC(=O)CCC(=O)O)C(C)C)C(=O)NC(C(=O)NC(Cc1c[nH]c2ccccc12)C(=O)O)C(C)CC. The Morgan fingerprint density at radius 3 is 1.25 bits per heavy atom. The van der Waals surface area contributed by atoms with Gasteiger partial charge in [-0.25, -0.2) is 9.78 Å². The van der Waals surface area contributed by atoms with Crippen molar-refractivity contribution in [2.75, 3.05) is 0 Å². The van der Waals surface area contributed by atoms with E-state index in [2.05, 4.69) is 84.1 Å². The van der Waals surface area contributed by atoms with Crippen LogP contribution in [0, 0.1) is 23.7 Å². The molecule has 3 aromatic carbocycles. The monoisotopic (exact) mass is 1820 g/mol. The highest BCUT2D eigenvalue weighted by Crippen LogP contribution is 2.22. The number of nitrogens with one attached hydrogen (secondary N) is 16. The molecule has 44 nitrogen and oxygen atoms in total. The summed E-state index contributed by atoms with van der Waals surface area (Å²) in [4.78, 5) is 280. The first-order valence-corrected chi connectivity index (χ1v) is 42.2. The zero-order chi connectivity index (χ0) is 96.9. The first kappa shape index (κ1) is 106. The average Bonchev–Trinajstić information content (AvgIpc) is 1.68. The summed E-state index contributed by atoms with van der Waals surface area (Å²) in [6, 6.07) is -2.59. The molecule has 708 valence electrons. The predicted octanol–water partition coefficient (Wildman–Crippen LogP) is -0.883. The number of para-hydroxylation sites is 1. The number of benzene rings is 3. The second kappa shape index (κ2) is 52.0. The van der Waals surface area contributed by atoms with Gasteiger partial charge in [-0.1, -0.05) is 129 Å². The number of hydrogen-bond donors (Lipinski definition) is 23. The van der Waals surface area contributed by atoms with E-state index in [9.17, 15) is 127 Å². The van der Waals surface area contributed by atoms with Gasteiger partial charge in [0.15, 0.2) is 0 Å². The molecule has 0 saturated heterocycles. The van der Waals surface area contributed by atoms with Crippen LogP contribution in [0.2, 0.25) is 0 Å². The molecule has 0 spiro atoms. The fourth-order valence-electron chi connectivity index (χ4n) is 13.4. The van der Waals surface area contributed by atoms with Gasteiger partial charge in [0.05, 0.1) is 31.3 Å². The molecular formula is C86H117N17O27. The number of hydrogen-bond acceptors (Lipinski definition) is 22. The minimum Gasteiger partial charge on any atom is -0.508 e. The summed E-state index contributed by atoms with van der Waals surface area (Å²) in [5.74, 6) is -27.0. The minimum absolute atomic E-state index is 0.133. The number of amides is 14. The number of aromatic nitrogens is 3. The molecule has 0 aliphatic carbocycles. The molecule has 16 atom stereocenters. The summed E-state index contributed by atoms with van der Waals surface area (Å²) in [5, 5.41) is 103. The Hall–Kier alpha value is -14.4. The van der Waals surface area contributed by atoms with E-state index in [1.807, 2.05) is 5.32 Å². The molecule has 5 aromatic rings. The van der Waals surface area contributed by atoms with Gasteiger partial charge in [-0.15, -0.1) is 0 Å². The molecule has 5 rings (SSSR count). The van der Waals surface area contributed by atoms with Gasteiger partial charge in [0.1, 0.15) is 90.3 Å². The lowest BCUT2D eigenvalue weighted by molar-refractivity contribution is -0.143. The van der Waals surface area contributed by atoms with E-state index in [4.69, 9.17) is 5.11 Å². The highest BCUT2D eigenvalue weighted by atomic mass is 16.4. The Morgan fingerprint density at radius 1 is 0.354 bits per heavy atom. The van der Waals surface area contributed by atoms with Gasteiger partial charge in [-0.3, -0.25) is 91.1 Å². The van der Waals surface area contributed by atoms with Crippen molar-refractivity contribution in [3.8, 4) is 5.75 Å². The number of aromatic amines is 2. The number of H-pyrrole nitrogens is 2. The largest absolute Gasteiger partial charge is 0.508 e. The maximum absolute atomic E-state index is 15.0. The Kier molecular flexibility index (Phi) is 42.5. The van der Waals surface area contributed by atoms with Crippen LogP contribution >= 0.6 is 0 Å². The van der Waals surface area contributed by atoms with E-state index < -0.39 is 278 Å². The highest BCUT2D eigenvalue weighted by molar-refractivity contribution is 6.02. The van der Waals surface area contributed by atoms with Crippen molar-refractivity contribution in [2.24, 2.45) is 23.7 Å². The van der Waals surface area contributed by atoms with Crippen LogP contribution in [-0.4, -0.2) is 254 Å². The number of imidazole rings is 1. The number of carboxylic acid groups (broad SMARTS) is 6. The molecule has 16 unspecified atom stereocenters. The first-order chi connectivity index (χ1) is 61.3. The number of rotatable bonds is 56. The lowest BCUT2D eigenvalue weighted by atomic mass is 9.94. The third-order valence-electron chi connectivity index (χ3n) is 21.1. The van der Waals surface area contributed by atoms with E-state index in [0.717, 1.165) is 17.8 Å². The van der Waals surface area contributed by atoms with Gasteiger partial charge in [-0.2, -0.15) is 0 Å². The van der Waals surface area contributed by atoms with Gasteiger partial charge in [0.2, 0.25) is 82.7 Å². The average molecular weight is 1820 g/mol. The number of carbonyl (C=O) groups excluding carboxylic acids is 14. The zero-order valence-electron chi connectivity index (χ0n) is 73.5. The number of nitrogens with zero attached hydrogens (tertiary/aromatic N) is 1. The van der Waals surface area contributed by atoms with Crippen LogP contribution in [0.1, 0.15) is 162 Å². The second-order valence-electron chi connectivity index (χ2n) is 32.4. The quantitative estimate of drug-likeness (QED) is 0.0225. The topological polar surface area (TPSA) is 696 Å². The number of aliphatic carboxylic acids is 6. The number of aromatic hydroxyl groups is 1. The van der Waals surface area contributed by atoms with Crippen LogP contribution in [0.5, 0.6) is 5.75 Å². The normalized spacial score (nSPS) is 14.9. The van der Waals surface area contributed by atoms with E-state index >= 15 is 0 Å². The Balaban J connectivity index is 1.35. The van der Waals surface area contributed by atoms with Crippen molar-refractivity contribution < 1.29 is 132 Å². The molecule has 23 N–H and O–H groups in total. The van der Waals surface area contributed by atoms with Crippen molar-refractivity contribution in [3.63, 3.8) is 0 Å². The molecule has 0 fully saturated rings. The van der Waals surface area contributed by atoms with Crippen molar-refractivity contribution in [1.82, 2.24) is 89.4 Å². The Bertz CT molecular complexity index is 4810. The minimum atomic E-state index is -1.95. The number of carbonyl (C=O) groups is 20. The second-order valence-corrected chi connectivity index (χ2v) is 32.4. The van der Waals surface area contributed by atoms with Crippen LogP contribution in [0.15, 0.2) is 97.6 Å². The van der Waals surface area contributed by atoms with Gasteiger partial charge in [0.25, 0.3) is 0 Å². The molecule has 0 aliphatic rings. The molecule has 2 aromatic heterocycles. The summed E-state index contributed by atoms with van der Waals surface area (Å²) in [7, 11) is 0. The van der Waals surface area contributed by atoms with Gasteiger partial charge < -0.3 is 120 Å². The smallest absolute Gasteiger partial charge is 0.326 e. The lowest BCUT2D eigenvalue weighted by Gasteiger charge is -2.31. The highest BCUT2D eigenvalue weighted by Gasteiger charge is 2.41. The fraction of sp³-hybridized carbons (Fsp3) is 0.500. The number of phenols is 1. The summed E-state index contributed by atoms with van der Waals surface area (Å²) in [6.45, 7) is 15.3. The molecule has 14 amide bonds. The molecule has 0 saturated carbocycles. The van der Waals surface area contributed by atoms with Gasteiger partial charge in [-0.05, 0) is 91.7 Å². The van der Waals surface area contributed by atoms with Crippen LogP contribution in [-0.2, 0) is 122 Å². The van der Waals surface area contributed by atoms with Gasteiger partial charge >= 0.3 is 35.8 Å². The lowest BCUT2D eigenvalue weighted by Crippen LogP contribution is -2.62. The first-order valence-electron chi connectivity index (χ1n) is 42.2. The summed E-state index contributed by atoms with van der Waals surface area (Å²) in [6.07, 6.45) is -3.20. The van der Waals surface area contributed by atoms with E-state index in [1.54, 1.807) is 102 Å². The number of fused-ring (bicyclic) bond motifs is 1. The van der Waals surface area contributed by atoms with Crippen LogP contribution in [0.4, 0.5) is 0 Å². The third kappa shape index (κ3) is 35.4. The molecule has 0 aliphatic heterocycles. The van der Waals surface area contributed by atoms with E-state index in [0.29, 0.717) is 23.1 Å². The zero-order valence-corrected chi connectivity index (χ0v) is 73.5. The Morgan fingerprint density at radius 2 is 0.746 bits per heavy atom. The molecule has 0 bridgehead atoms. The summed E-state index contributed by atoms with van der Waals surface area (Å²) >= 11 is 0.